The summed E-state index contributed by atoms with van der Waals surface area (Å²) in [4.78, 5) is 10.4. The van der Waals surface area contributed by atoms with Crippen molar-refractivity contribution >= 4 is 5.97 Å². The van der Waals surface area contributed by atoms with Crippen LogP contribution in [0.15, 0.2) is 0 Å². The minimum atomic E-state index is -0.854. The van der Waals surface area contributed by atoms with E-state index >= 15 is 0 Å². The van der Waals surface area contributed by atoms with Crippen LogP contribution < -0.4 is 5.73 Å². The van der Waals surface area contributed by atoms with Gasteiger partial charge in [-0.15, -0.1) is 0 Å². The van der Waals surface area contributed by atoms with E-state index in [1.807, 2.05) is 0 Å². The van der Waals surface area contributed by atoms with Gasteiger partial charge in [-0.05, 0) is 37.0 Å². The number of carboxylic acids is 1. The van der Waals surface area contributed by atoms with Crippen molar-refractivity contribution in [3.8, 4) is 0 Å². The van der Waals surface area contributed by atoms with Gasteiger partial charge in [0.1, 0.15) is 6.04 Å². The molecule has 2 atom stereocenters. The standard InChI is InChI=1S/C8H13NO2/c9-6(7(10)11)3-5-4-8(5)1-2-8/h5-6H,1-4,9H2,(H,10,11). The summed E-state index contributed by atoms with van der Waals surface area (Å²) in [6.45, 7) is 0. The van der Waals surface area contributed by atoms with Crippen molar-refractivity contribution in [1.82, 2.24) is 0 Å². The highest BCUT2D eigenvalue weighted by Crippen LogP contribution is 2.71. The number of carbonyl (C=O) groups is 1. The summed E-state index contributed by atoms with van der Waals surface area (Å²) in [5.74, 6) is -0.221. The van der Waals surface area contributed by atoms with E-state index in [9.17, 15) is 4.79 Å². The van der Waals surface area contributed by atoms with Gasteiger partial charge >= 0.3 is 5.97 Å². The highest BCUT2D eigenvalue weighted by molar-refractivity contribution is 5.73. The highest BCUT2D eigenvalue weighted by Gasteiger charge is 2.62. The van der Waals surface area contributed by atoms with Crippen molar-refractivity contribution in [2.45, 2.75) is 31.7 Å². The Bertz CT molecular complexity index is 198. The summed E-state index contributed by atoms with van der Waals surface area (Å²) >= 11 is 0. The molecule has 0 saturated heterocycles. The van der Waals surface area contributed by atoms with E-state index in [2.05, 4.69) is 0 Å². The lowest BCUT2D eigenvalue weighted by Crippen LogP contribution is -2.30. The molecule has 0 aromatic rings. The Kier molecular flexibility index (Phi) is 1.27. The Hall–Kier alpha value is -0.570. The van der Waals surface area contributed by atoms with E-state index in [1.165, 1.54) is 19.3 Å². The first-order chi connectivity index (χ1) is 5.14. The smallest absolute Gasteiger partial charge is 0.320 e. The zero-order valence-corrected chi connectivity index (χ0v) is 6.42. The molecule has 0 heterocycles. The fourth-order valence-electron chi connectivity index (χ4n) is 1.95. The first-order valence-corrected chi connectivity index (χ1v) is 4.12. The quantitative estimate of drug-likeness (QED) is 0.627. The topological polar surface area (TPSA) is 63.3 Å². The monoisotopic (exact) mass is 155 g/mol. The van der Waals surface area contributed by atoms with Crippen molar-refractivity contribution < 1.29 is 9.90 Å². The second kappa shape index (κ2) is 1.97. The molecule has 2 fully saturated rings. The molecule has 3 N–H and O–H groups in total. The fraction of sp³-hybridized carbons (Fsp3) is 0.875. The molecule has 0 aromatic heterocycles. The largest absolute Gasteiger partial charge is 0.480 e. The van der Waals surface area contributed by atoms with Crippen LogP contribution in [0.3, 0.4) is 0 Å². The zero-order chi connectivity index (χ0) is 8.06. The van der Waals surface area contributed by atoms with Crippen LogP contribution in [0.5, 0.6) is 0 Å². The van der Waals surface area contributed by atoms with Crippen LogP contribution in [0, 0.1) is 11.3 Å². The third kappa shape index (κ3) is 1.13. The van der Waals surface area contributed by atoms with E-state index in [1.54, 1.807) is 0 Å². The molecule has 0 radical (unpaired) electrons. The molecule has 11 heavy (non-hydrogen) atoms. The van der Waals surface area contributed by atoms with Crippen molar-refractivity contribution in [1.29, 1.82) is 0 Å². The lowest BCUT2D eigenvalue weighted by molar-refractivity contribution is -0.138. The molecule has 2 rings (SSSR count). The van der Waals surface area contributed by atoms with E-state index in [4.69, 9.17) is 10.8 Å². The van der Waals surface area contributed by atoms with E-state index in [0.717, 1.165) is 0 Å². The Balaban J connectivity index is 1.78. The number of hydrogen-bond acceptors (Lipinski definition) is 2. The average molecular weight is 155 g/mol. The maximum Gasteiger partial charge on any atom is 0.320 e. The van der Waals surface area contributed by atoms with Crippen molar-refractivity contribution in [3.05, 3.63) is 0 Å². The number of nitrogens with two attached hydrogens (primary N) is 1. The van der Waals surface area contributed by atoms with Crippen LogP contribution in [0.2, 0.25) is 0 Å². The highest BCUT2D eigenvalue weighted by atomic mass is 16.4. The average Bonchev–Trinajstić information content (AvgIpc) is 2.78. The molecule has 3 heteroatoms. The Labute approximate surface area is 65.6 Å². The van der Waals surface area contributed by atoms with Crippen LogP contribution in [-0.2, 0) is 4.79 Å². The van der Waals surface area contributed by atoms with Gasteiger partial charge in [-0.2, -0.15) is 0 Å². The van der Waals surface area contributed by atoms with E-state index in [0.29, 0.717) is 17.8 Å². The number of rotatable bonds is 3. The SMILES string of the molecule is NC(CC1CC12CC2)C(=O)O. The molecule has 62 valence electrons. The summed E-state index contributed by atoms with van der Waals surface area (Å²) in [6.07, 6.45) is 4.54. The van der Waals surface area contributed by atoms with Gasteiger partial charge in [0.15, 0.2) is 0 Å². The van der Waals surface area contributed by atoms with Gasteiger partial charge < -0.3 is 10.8 Å². The number of carboxylic acid groups (broad SMARTS) is 1. The first kappa shape index (κ1) is 7.10. The van der Waals surface area contributed by atoms with E-state index in [-0.39, 0.29) is 0 Å². The maximum absolute atomic E-state index is 10.4. The predicted molar refractivity (Wildman–Crippen MR) is 40.0 cm³/mol. The lowest BCUT2D eigenvalue weighted by atomic mass is 10.1. The van der Waals surface area contributed by atoms with Gasteiger partial charge in [0.25, 0.3) is 0 Å². The molecule has 3 nitrogen and oxygen atoms in total. The molecule has 2 aliphatic rings. The lowest BCUT2D eigenvalue weighted by Gasteiger charge is -2.03. The third-order valence-electron chi connectivity index (χ3n) is 3.11. The van der Waals surface area contributed by atoms with Crippen molar-refractivity contribution in [2.75, 3.05) is 0 Å². The van der Waals surface area contributed by atoms with Gasteiger partial charge in [-0.25, -0.2) is 0 Å². The van der Waals surface area contributed by atoms with E-state index < -0.39 is 12.0 Å². The van der Waals surface area contributed by atoms with Gasteiger partial charge in [0.05, 0.1) is 0 Å². The van der Waals surface area contributed by atoms with Crippen molar-refractivity contribution in [3.63, 3.8) is 0 Å². The summed E-state index contributed by atoms with van der Waals surface area (Å²) in [5, 5.41) is 8.52. The third-order valence-corrected chi connectivity index (χ3v) is 3.11. The van der Waals surface area contributed by atoms with Gasteiger partial charge in [0.2, 0.25) is 0 Å². The van der Waals surface area contributed by atoms with Crippen LogP contribution in [-0.4, -0.2) is 17.1 Å². The molecule has 0 aliphatic heterocycles. The van der Waals surface area contributed by atoms with Gasteiger partial charge in [-0.3, -0.25) is 4.79 Å². The fourth-order valence-corrected chi connectivity index (χ4v) is 1.95. The second-order valence-electron chi connectivity index (χ2n) is 3.94. The normalized spacial score (nSPS) is 33.4. The molecule has 0 bridgehead atoms. The van der Waals surface area contributed by atoms with Crippen molar-refractivity contribution in [2.24, 2.45) is 17.1 Å². The zero-order valence-electron chi connectivity index (χ0n) is 6.42. The minimum absolute atomic E-state index is 0.590. The van der Waals surface area contributed by atoms with Crippen LogP contribution >= 0.6 is 0 Å². The Morgan fingerprint density at radius 3 is 2.73 bits per heavy atom. The van der Waals surface area contributed by atoms with Gasteiger partial charge in [0, 0.05) is 0 Å². The molecular formula is C8H13NO2. The van der Waals surface area contributed by atoms with Crippen LogP contribution in [0.1, 0.15) is 25.7 Å². The molecular weight excluding hydrogens is 142 g/mol. The number of hydrogen-bond donors (Lipinski definition) is 2. The molecule has 2 unspecified atom stereocenters. The molecule has 0 amide bonds. The summed E-state index contributed by atoms with van der Waals surface area (Å²) in [5.41, 5.74) is 6.00. The van der Waals surface area contributed by atoms with Crippen LogP contribution in [0.4, 0.5) is 0 Å². The molecule has 2 aliphatic carbocycles. The Morgan fingerprint density at radius 2 is 2.36 bits per heavy atom. The second-order valence-corrected chi connectivity index (χ2v) is 3.94. The Morgan fingerprint density at radius 1 is 1.73 bits per heavy atom. The first-order valence-electron chi connectivity index (χ1n) is 4.12. The van der Waals surface area contributed by atoms with Gasteiger partial charge in [-0.1, -0.05) is 0 Å². The summed E-state index contributed by atoms with van der Waals surface area (Å²) in [7, 11) is 0. The molecule has 0 aromatic carbocycles. The summed E-state index contributed by atoms with van der Waals surface area (Å²) in [6, 6.07) is -0.625. The number of aliphatic carboxylic acids is 1. The summed E-state index contributed by atoms with van der Waals surface area (Å²) < 4.78 is 0. The maximum atomic E-state index is 10.4. The molecule has 1 spiro atoms. The van der Waals surface area contributed by atoms with Crippen LogP contribution in [0.25, 0.3) is 0 Å². The predicted octanol–water partition coefficient (Wildman–Crippen LogP) is 0.588. The minimum Gasteiger partial charge on any atom is -0.480 e. The molecule has 2 saturated carbocycles.